The SMILES string of the molecule is CN(CCC#N)c1ccc(C=Cc2cc(C(C)(C)C)[s+]c(C(C)(C)C)c2)cc1.[O-][Cl+3]([O-])([O-])[O-]. The van der Waals surface area contributed by atoms with Gasteiger partial charge in [0.15, 0.2) is 0 Å². The van der Waals surface area contributed by atoms with Gasteiger partial charge in [-0.05, 0) is 23.3 Å². The molecule has 0 aliphatic carbocycles. The van der Waals surface area contributed by atoms with Crippen LogP contribution in [-0.4, -0.2) is 13.6 Å². The molecule has 1 aromatic carbocycles. The van der Waals surface area contributed by atoms with Crippen molar-refractivity contribution in [1.29, 1.82) is 5.26 Å². The first kappa shape index (κ1) is 29.0. The van der Waals surface area contributed by atoms with E-state index in [9.17, 15) is 0 Å². The van der Waals surface area contributed by atoms with Crippen molar-refractivity contribution in [1.82, 2.24) is 0 Å². The van der Waals surface area contributed by atoms with Gasteiger partial charge in [-0.2, -0.15) is 5.26 Å². The van der Waals surface area contributed by atoms with Gasteiger partial charge in [-0.25, -0.2) is 18.6 Å². The van der Waals surface area contributed by atoms with Gasteiger partial charge in [0, 0.05) is 42.2 Å². The van der Waals surface area contributed by atoms with Gasteiger partial charge in [-0.1, -0.05) is 65.8 Å². The molecule has 0 fully saturated rings. The van der Waals surface area contributed by atoms with Crippen molar-refractivity contribution >= 4 is 29.2 Å². The van der Waals surface area contributed by atoms with Gasteiger partial charge in [0.1, 0.15) is 0 Å². The van der Waals surface area contributed by atoms with Crippen molar-refractivity contribution < 1.29 is 28.9 Å². The lowest BCUT2D eigenvalue weighted by Gasteiger charge is -2.17. The minimum atomic E-state index is -4.94. The van der Waals surface area contributed by atoms with Crippen LogP contribution < -0.4 is 23.5 Å². The summed E-state index contributed by atoms with van der Waals surface area (Å²) in [6.07, 6.45) is 4.93. The van der Waals surface area contributed by atoms with Crippen molar-refractivity contribution in [3.05, 3.63) is 57.3 Å². The minimum Gasteiger partial charge on any atom is -0.374 e. The summed E-state index contributed by atoms with van der Waals surface area (Å²) in [5.41, 5.74) is 3.86. The second-order valence-electron chi connectivity index (χ2n) is 9.75. The van der Waals surface area contributed by atoms with E-state index in [2.05, 4.69) is 101 Å². The molecular weight excluding hydrogens is 460 g/mol. The zero-order chi connectivity index (χ0) is 25.4. The minimum absolute atomic E-state index is 0.143. The monoisotopic (exact) mass is 492 g/mol. The lowest BCUT2D eigenvalue weighted by atomic mass is 9.91. The second-order valence-corrected chi connectivity index (χ2v) is 11.6. The molecule has 0 unspecified atom stereocenters. The summed E-state index contributed by atoms with van der Waals surface area (Å²) < 4.78 is 34.0. The van der Waals surface area contributed by atoms with Gasteiger partial charge in [-0.15, -0.1) is 10.2 Å². The molecular formula is C25H33ClN2O4S. The van der Waals surface area contributed by atoms with E-state index in [-0.39, 0.29) is 10.8 Å². The van der Waals surface area contributed by atoms with Crippen LogP contribution in [0, 0.1) is 21.6 Å². The molecule has 1 heterocycles. The number of rotatable bonds is 5. The summed E-state index contributed by atoms with van der Waals surface area (Å²) in [7, 11) is -2.92. The third-order valence-electron chi connectivity index (χ3n) is 4.65. The Morgan fingerprint density at radius 2 is 1.30 bits per heavy atom. The first-order valence-corrected chi connectivity index (χ1v) is 12.5. The number of anilines is 1. The van der Waals surface area contributed by atoms with E-state index >= 15 is 0 Å². The summed E-state index contributed by atoms with van der Waals surface area (Å²) in [5.74, 6) is 0. The molecule has 33 heavy (non-hydrogen) atoms. The average Bonchev–Trinajstić information content (AvgIpc) is 2.68. The van der Waals surface area contributed by atoms with Gasteiger partial charge in [0.05, 0.1) is 12.5 Å². The van der Waals surface area contributed by atoms with E-state index < -0.39 is 10.2 Å². The molecule has 0 amide bonds. The fourth-order valence-corrected chi connectivity index (χ4v) is 3.98. The average molecular weight is 493 g/mol. The van der Waals surface area contributed by atoms with Crippen LogP contribution in [0.4, 0.5) is 5.69 Å². The van der Waals surface area contributed by atoms with Crippen LogP contribution in [0.2, 0.25) is 0 Å². The zero-order valence-electron chi connectivity index (χ0n) is 20.3. The number of nitrogens with zero attached hydrogens (tertiary/aromatic N) is 2. The number of nitriles is 1. The number of hydrogen-bond acceptors (Lipinski definition) is 6. The van der Waals surface area contributed by atoms with Gasteiger partial charge in [-0.3, -0.25) is 0 Å². The quantitative estimate of drug-likeness (QED) is 0.591. The highest BCUT2D eigenvalue weighted by atomic mass is 35.7. The number of halogens is 1. The molecule has 0 bridgehead atoms. The van der Waals surface area contributed by atoms with Crippen molar-refractivity contribution in [2.24, 2.45) is 0 Å². The van der Waals surface area contributed by atoms with E-state index in [0.717, 1.165) is 12.2 Å². The highest BCUT2D eigenvalue weighted by Gasteiger charge is 2.31. The molecule has 2 rings (SSSR count). The summed E-state index contributed by atoms with van der Waals surface area (Å²) in [4.78, 5) is 4.93. The van der Waals surface area contributed by atoms with Crippen molar-refractivity contribution in [3.63, 3.8) is 0 Å². The predicted octanol–water partition coefficient (Wildman–Crippen LogP) is 2.39. The maximum absolute atomic E-state index is 8.74. The van der Waals surface area contributed by atoms with E-state index in [1.54, 1.807) is 0 Å². The summed E-state index contributed by atoms with van der Waals surface area (Å²) in [6, 6.07) is 15.3. The molecule has 0 N–H and O–H groups in total. The van der Waals surface area contributed by atoms with Crippen LogP contribution in [0.3, 0.4) is 0 Å². The summed E-state index contributed by atoms with van der Waals surface area (Å²) in [6.45, 7) is 14.4. The van der Waals surface area contributed by atoms with Crippen LogP contribution in [0.1, 0.15) is 68.8 Å². The Balaban J connectivity index is 0.000000981. The second kappa shape index (κ2) is 11.9. The molecule has 0 spiro atoms. The molecule has 180 valence electrons. The Kier molecular flexibility index (Phi) is 10.4. The highest BCUT2D eigenvalue weighted by Crippen LogP contribution is 2.35. The van der Waals surface area contributed by atoms with Crippen molar-refractivity contribution in [2.45, 2.75) is 58.8 Å². The molecule has 0 atom stereocenters. The lowest BCUT2D eigenvalue weighted by Crippen LogP contribution is -2.68. The Bertz CT molecular complexity index is 928. The smallest absolute Gasteiger partial charge is 0.219 e. The van der Waals surface area contributed by atoms with E-state index in [4.69, 9.17) is 23.9 Å². The first-order valence-electron chi connectivity index (χ1n) is 10.5. The summed E-state index contributed by atoms with van der Waals surface area (Å²) in [5, 5.41) is 8.74. The first-order chi connectivity index (χ1) is 15.0. The molecule has 0 radical (unpaired) electrons. The maximum Gasteiger partial charge on any atom is 0.219 e. The van der Waals surface area contributed by atoms with E-state index in [0.29, 0.717) is 6.42 Å². The van der Waals surface area contributed by atoms with Gasteiger partial charge in [0.2, 0.25) is 21.1 Å². The van der Waals surface area contributed by atoms with Gasteiger partial charge < -0.3 is 4.90 Å². The van der Waals surface area contributed by atoms with Crippen LogP contribution in [0.25, 0.3) is 12.2 Å². The predicted molar refractivity (Wildman–Crippen MR) is 125 cm³/mol. The molecule has 2 aromatic rings. The van der Waals surface area contributed by atoms with Crippen LogP contribution >= 0.6 is 11.3 Å². The molecule has 1 aromatic heterocycles. The topological polar surface area (TPSA) is 119 Å². The Morgan fingerprint density at radius 3 is 1.70 bits per heavy atom. The van der Waals surface area contributed by atoms with Gasteiger partial charge in [0.25, 0.3) is 0 Å². The molecule has 0 aliphatic heterocycles. The largest absolute Gasteiger partial charge is 0.374 e. The lowest BCUT2D eigenvalue weighted by molar-refractivity contribution is -2.00. The van der Waals surface area contributed by atoms with Gasteiger partial charge >= 0.3 is 0 Å². The molecule has 6 nitrogen and oxygen atoms in total. The normalized spacial score (nSPS) is 12.2. The third kappa shape index (κ3) is 11.6. The Morgan fingerprint density at radius 1 is 0.879 bits per heavy atom. The van der Waals surface area contributed by atoms with Crippen LogP contribution in [-0.2, 0) is 10.8 Å². The van der Waals surface area contributed by atoms with E-state index in [1.807, 2.05) is 18.4 Å². The Labute approximate surface area is 203 Å². The molecule has 0 saturated carbocycles. The van der Waals surface area contributed by atoms with Crippen molar-refractivity contribution in [3.8, 4) is 6.07 Å². The molecule has 0 aliphatic rings. The fourth-order valence-electron chi connectivity index (χ4n) is 2.74. The summed E-state index contributed by atoms with van der Waals surface area (Å²) >= 11 is 1.92. The molecule has 8 heteroatoms. The van der Waals surface area contributed by atoms with Crippen molar-refractivity contribution in [2.75, 3.05) is 18.5 Å². The standard InChI is InChI=1S/C25H33N2S.ClHO4/c1-24(2,3)22-17-20(18-23(28-22)25(4,5)6)10-9-19-11-13-21(14-12-19)27(7)16-8-15-26;2-1(3,4)5/h9-14,17-18H,8,16H2,1-7H3;(H,2,3,4,5)/q+1;/p-1. The fraction of sp³-hybridized carbons (Fsp3) is 0.440. The number of benzene rings is 1. The number of hydrogen-bond donors (Lipinski definition) is 0. The molecule has 0 saturated heterocycles. The van der Waals surface area contributed by atoms with E-state index in [1.165, 1.54) is 20.9 Å². The highest BCUT2D eigenvalue weighted by molar-refractivity contribution is 7.12. The maximum atomic E-state index is 8.74. The van der Waals surface area contributed by atoms with Crippen LogP contribution in [0.5, 0.6) is 0 Å². The van der Waals surface area contributed by atoms with Crippen LogP contribution in [0.15, 0.2) is 36.4 Å². The zero-order valence-corrected chi connectivity index (χ0v) is 21.9. The third-order valence-corrected chi connectivity index (χ3v) is 6.56. The Hall–Kier alpha value is -2.05.